The van der Waals surface area contributed by atoms with E-state index in [-0.39, 0.29) is 41.2 Å². The van der Waals surface area contributed by atoms with E-state index >= 15 is 0 Å². The number of carbonyl (C=O) groups is 2. The second kappa shape index (κ2) is 4.22. The molecule has 1 heterocycles. The predicted molar refractivity (Wildman–Crippen MR) is 73.3 cm³/mol. The van der Waals surface area contributed by atoms with E-state index < -0.39 is 16.4 Å². The maximum atomic E-state index is 13.4. The van der Waals surface area contributed by atoms with Crippen LogP contribution in [-0.2, 0) is 9.59 Å². The first-order valence-corrected chi connectivity index (χ1v) is 6.99. The van der Waals surface area contributed by atoms with E-state index in [1.807, 2.05) is 12.2 Å². The number of hydrogen-bond acceptors (Lipinski definition) is 4. The lowest BCUT2D eigenvalue weighted by atomic mass is 9.85. The van der Waals surface area contributed by atoms with Crippen molar-refractivity contribution in [2.24, 2.45) is 23.7 Å². The topological polar surface area (TPSA) is 80.5 Å². The van der Waals surface area contributed by atoms with Crippen LogP contribution in [0.15, 0.2) is 30.4 Å². The largest absolute Gasteiger partial charge is 0.306 e. The first-order chi connectivity index (χ1) is 10.5. The molecule has 2 bridgehead atoms. The van der Waals surface area contributed by atoms with E-state index in [2.05, 4.69) is 0 Å². The summed E-state index contributed by atoms with van der Waals surface area (Å²) in [6, 6.07) is 3.09. The molecule has 22 heavy (non-hydrogen) atoms. The van der Waals surface area contributed by atoms with Gasteiger partial charge in [0.2, 0.25) is 17.6 Å². The van der Waals surface area contributed by atoms with Crippen molar-refractivity contribution in [2.75, 3.05) is 4.90 Å². The fraction of sp³-hybridized carbons (Fsp3) is 0.333. The van der Waals surface area contributed by atoms with E-state index in [1.54, 1.807) is 0 Å². The molecule has 6 nitrogen and oxygen atoms in total. The number of nitro groups is 1. The van der Waals surface area contributed by atoms with Gasteiger partial charge in [0.05, 0.1) is 22.4 Å². The van der Waals surface area contributed by atoms with E-state index in [0.29, 0.717) is 0 Å². The standard InChI is InChI=1S/C15H11FN2O4/c16-10-4-3-9(6-11(10)18(21)22)17-14(19)12-7-1-2-8(5-7)13(12)15(17)20/h1-4,6-8,12-13H,5H2/t7-,8-,12-,13-/m0/s1. The van der Waals surface area contributed by atoms with Crippen molar-refractivity contribution in [3.8, 4) is 0 Å². The molecule has 1 aliphatic heterocycles. The highest BCUT2D eigenvalue weighted by atomic mass is 19.1. The van der Waals surface area contributed by atoms with Crippen LogP contribution in [0.25, 0.3) is 0 Å². The highest BCUT2D eigenvalue weighted by Gasteiger charge is 2.59. The smallest absolute Gasteiger partial charge is 0.274 e. The fourth-order valence-electron chi connectivity index (χ4n) is 3.94. The molecule has 3 aliphatic rings. The Labute approximate surface area is 124 Å². The van der Waals surface area contributed by atoms with Gasteiger partial charge in [0.15, 0.2) is 0 Å². The maximum absolute atomic E-state index is 13.4. The van der Waals surface area contributed by atoms with Crippen LogP contribution in [0.2, 0.25) is 0 Å². The molecule has 112 valence electrons. The van der Waals surface area contributed by atoms with E-state index in [4.69, 9.17) is 0 Å². The van der Waals surface area contributed by atoms with Crippen LogP contribution in [-0.4, -0.2) is 16.7 Å². The number of rotatable bonds is 2. The predicted octanol–water partition coefficient (Wildman–Crippen LogP) is 2.05. The molecule has 1 saturated heterocycles. The number of imide groups is 1. The van der Waals surface area contributed by atoms with Gasteiger partial charge in [-0.1, -0.05) is 12.2 Å². The molecule has 4 rings (SSSR count). The molecule has 0 radical (unpaired) electrons. The first-order valence-electron chi connectivity index (χ1n) is 6.99. The van der Waals surface area contributed by atoms with Crippen molar-refractivity contribution in [1.29, 1.82) is 0 Å². The van der Waals surface area contributed by atoms with Gasteiger partial charge in [0, 0.05) is 6.07 Å². The third-order valence-corrected chi connectivity index (χ3v) is 4.85. The molecule has 1 saturated carbocycles. The SMILES string of the molecule is O=C1[C@@H]2[C@@H](C(=O)N1c1ccc(F)c([N+](=O)[O-])c1)[C@H]1C=C[C@H]2C1. The highest BCUT2D eigenvalue weighted by molar-refractivity contribution is 6.22. The van der Waals surface area contributed by atoms with Gasteiger partial charge in [-0.15, -0.1) is 0 Å². The Bertz CT molecular complexity index is 730. The Balaban J connectivity index is 1.76. The van der Waals surface area contributed by atoms with Crippen molar-refractivity contribution in [2.45, 2.75) is 6.42 Å². The number of hydrogen-bond donors (Lipinski definition) is 0. The van der Waals surface area contributed by atoms with Crippen LogP contribution in [0.3, 0.4) is 0 Å². The summed E-state index contributed by atoms with van der Waals surface area (Å²) in [5.41, 5.74) is -0.673. The summed E-state index contributed by atoms with van der Waals surface area (Å²) in [6.45, 7) is 0. The van der Waals surface area contributed by atoms with Crippen molar-refractivity contribution in [3.63, 3.8) is 0 Å². The van der Waals surface area contributed by atoms with Crippen molar-refractivity contribution in [3.05, 3.63) is 46.3 Å². The summed E-state index contributed by atoms with van der Waals surface area (Å²) in [5, 5.41) is 10.8. The Hall–Kier alpha value is -2.57. The summed E-state index contributed by atoms with van der Waals surface area (Å²) >= 11 is 0. The maximum Gasteiger partial charge on any atom is 0.306 e. The van der Waals surface area contributed by atoms with Crippen LogP contribution >= 0.6 is 0 Å². The second-order valence-electron chi connectivity index (χ2n) is 5.90. The fourth-order valence-corrected chi connectivity index (χ4v) is 3.94. The Kier molecular flexibility index (Phi) is 2.52. The molecule has 2 fully saturated rings. The Morgan fingerprint density at radius 2 is 1.73 bits per heavy atom. The second-order valence-corrected chi connectivity index (χ2v) is 5.90. The van der Waals surface area contributed by atoms with Crippen LogP contribution in [0, 0.1) is 39.6 Å². The molecule has 0 unspecified atom stereocenters. The Morgan fingerprint density at radius 1 is 1.14 bits per heavy atom. The van der Waals surface area contributed by atoms with Gasteiger partial charge in [-0.25, -0.2) is 4.90 Å². The molecule has 2 aliphatic carbocycles. The normalized spacial score (nSPS) is 32.0. The van der Waals surface area contributed by atoms with E-state index in [0.717, 1.165) is 23.5 Å². The van der Waals surface area contributed by atoms with Crippen molar-refractivity contribution in [1.82, 2.24) is 0 Å². The lowest BCUT2D eigenvalue weighted by molar-refractivity contribution is -0.387. The summed E-state index contributed by atoms with van der Waals surface area (Å²) in [7, 11) is 0. The average molecular weight is 302 g/mol. The van der Waals surface area contributed by atoms with E-state index in [9.17, 15) is 24.1 Å². The number of nitrogens with zero attached hydrogens (tertiary/aromatic N) is 2. The summed E-state index contributed by atoms with van der Waals surface area (Å²) in [5.74, 6) is -2.31. The number of allylic oxidation sites excluding steroid dienone is 2. The van der Waals surface area contributed by atoms with Crippen molar-refractivity contribution < 1.29 is 18.9 Å². The molecule has 0 N–H and O–H groups in total. The molecule has 0 aromatic heterocycles. The number of carbonyl (C=O) groups excluding carboxylic acids is 2. The van der Waals surface area contributed by atoms with Gasteiger partial charge in [0.25, 0.3) is 0 Å². The molecular weight excluding hydrogens is 291 g/mol. The van der Waals surface area contributed by atoms with Gasteiger partial charge < -0.3 is 0 Å². The first kappa shape index (κ1) is 13.1. The Morgan fingerprint density at radius 3 is 2.27 bits per heavy atom. The zero-order chi connectivity index (χ0) is 15.6. The van der Waals surface area contributed by atoms with Crippen LogP contribution in [0.1, 0.15) is 6.42 Å². The minimum Gasteiger partial charge on any atom is -0.274 e. The molecule has 2 amide bonds. The van der Waals surface area contributed by atoms with Crippen LogP contribution in [0.4, 0.5) is 15.8 Å². The van der Waals surface area contributed by atoms with Crippen molar-refractivity contribution >= 4 is 23.2 Å². The molecule has 7 heteroatoms. The number of halogens is 1. The van der Waals surface area contributed by atoms with Crippen LogP contribution < -0.4 is 4.90 Å². The zero-order valence-electron chi connectivity index (χ0n) is 11.3. The van der Waals surface area contributed by atoms with E-state index in [1.165, 1.54) is 6.07 Å². The highest BCUT2D eigenvalue weighted by Crippen LogP contribution is 2.53. The number of nitro benzene ring substituents is 1. The minimum atomic E-state index is -0.991. The summed E-state index contributed by atoms with van der Waals surface area (Å²) in [6.07, 6.45) is 4.74. The number of fused-ring (bicyclic) bond motifs is 5. The molecule has 0 spiro atoms. The minimum absolute atomic E-state index is 0.0619. The van der Waals surface area contributed by atoms with Gasteiger partial charge in [-0.05, 0) is 30.4 Å². The number of anilines is 1. The number of amides is 2. The average Bonchev–Trinajstić information content (AvgIpc) is 3.14. The van der Waals surface area contributed by atoms with Gasteiger partial charge >= 0.3 is 5.69 Å². The molecule has 1 aromatic carbocycles. The van der Waals surface area contributed by atoms with Gasteiger partial charge in [-0.2, -0.15) is 4.39 Å². The lowest BCUT2D eigenvalue weighted by Crippen LogP contribution is -2.32. The monoisotopic (exact) mass is 302 g/mol. The zero-order valence-corrected chi connectivity index (χ0v) is 11.3. The molecule has 4 atom stereocenters. The third kappa shape index (κ3) is 1.53. The van der Waals surface area contributed by atoms with Gasteiger partial charge in [-0.3, -0.25) is 19.7 Å². The quantitative estimate of drug-likeness (QED) is 0.362. The number of benzene rings is 1. The van der Waals surface area contributed by atoms with Crippen LogP contribution in [0.5, 0.6) is 0 Å². The summed E-state index contributed by atoms with van der Waals surface area (Å²) < 4.78 is 13.4. The lowest BCUT2D eigenvalue weighted by Gasteiger charge is -2.17. The molecule has 1 aromatic rings. The summed E-state index contributed by atoms with van der Waals surface area (Å²) in [4.78, 5) is 36.1. The third-order valence-electron chi connectivity index (χ3n) is 4.85. The molecular formula is C15H11FN2O4. The van der Waals surface area contributed by atoms with Gasteiger partial charge in [0.1, 0.15) is 0 Å².